The molecule has 200 valence electrons. The Morgan fingerprint density at radius 2 is 1.51 bits per heavy atom. The summed E-state index contributed by atoms with van der Waals surface area (Å²) in [6.45, 7) is 5.32. The standard InChI is InChI=1S/C31H28F3N3O2/c1-20(2)36(30(39)23-14-16-24(17-15-23)31(32,33)34)19-28(38)37-26-8-5-4-7-25(26)35-18-6-9-27(35)29(37)22-12-10-21(3)11-13-22/h4-18,20,29H,19H2,1-3H3. The van der Waals surface area contributed by atoms with Crippen LogP contribution in [-0.2, 0) is 11.0 Å². The third kappa shape index (κ3) is 4.94. The first kappa shape index (κ1) is 26.3. The average molecular weight is 532 g/mol. The molecule has 0 spiro atoms. The highest BCUT2D eigenvalue weighted by Crippen LogP contribution is 2.42. The molecule has 1 unspecified atom stereocenters. The maximum atomic E-state index is 14.2. The Kier molecular flexibility index (Phi) is 6.80. The Balaban J connectivity index is 1.52. The van der Waals surface area contributed by atoms with Gasteiger partial charge in [0.2, 0.25) is 5.91 Å². The van der Waals surface area contributed by atoms with Gasteiger partial charge < -0.3 is 9.47 Å². The van der Waals surface area contributed by atoms with Gasteiger partial charge in [-0.05, 0) is 74.9 Å². The predicted octanol–water partition coefficient (Wildman–Crippen LogP) is 6.79. The molecule has 8 heteroatoms. The quantitative estimate of drug-likeness (QED) is 0.285. The van der Waals surface area contributed by atoms with Gasteiger partial charge in [0.1, 0.15) is 12.6 Å². The van der Waals surface area contributed by atoms with Crippen molar-refractivity contribution in [1.29, 1.82) is 0 Å². The molecule has 5 nitrogen and oxygen atoms in total. The second-order valence-corrected chi connectivity index (χ2v) is 9.97. The largest absolute Gasteiger partial charge is 0.416 e. The molecule has 3 aromatic carbocycles. The third-order valence-corrected chi connectivity index (χ3v) is 7.03. The second-order valence-electron chi connectivity index (χ2n) is 9.97. The summed E-state index contributed by atoms with van der Waals surface area (Å²) in [5, 5.41) is 0. The number of benzene rings is 3. The van der Waals surface area contributed by atoms with E-state index in [0.29, 0.717) is 5.69 Å². The van der Waals surface area contributed by atoms with Crippen molar-refractivity contribution >= 4 is 17.5 Å². The van der Waals surface area contributed by atoms with Crippen LogP contribution < -0.4 is 4.90 Å². The molecule has 1 aromatic heterocycles. The Morgan fingerprint density at radius 1 is 0.872 bits per heavy atom. The highest BCUT2D eigenvalue weighted by molar-refractivity contribution is 6.02. The number of fused-ring (bicyclic) bond motifs is 3. The van der Waals surface area contributed by atoms with E-state index in [4.69, 9.17) is 0 Å². The van der Waals surface area contributed by atoms with Gasteiger partial charge in [-0.3, -0.25) is 14.5 Å². The fraction of sp³-hybridized carbons (Fsp3) is 0.226. The molecule has 0 fully saturated rings. The van der Waals surface area contributed by atoms with Crippen LogP contribution in [0.3, 0.4) is 0 Å². The third-order valence-electron chi connectivity index (χ3n) is 7.03. The van der Waals surface area contributed by atoms with Crippen molar-refractivity contribution in [2.45, 2.75) is 39.0 Å². The minimum Gasteiger partial charge on any atom is -0.327 e. The summed E-state index contributed by atoms with van der Waals surface area (Å²) in [6, 6.07) is 22.8. The van der Waals surface area contributed by atoms with E-state index in [1.807, 2.05) is 73.8 Å². The number of anilines is 1. The Labute approximate surface area is 225 Å². The predicted molar refractivity (Wildman–Crippen MR) is 144 cm³/mol. The van der Waals surface area contributed by atoms with Crippen LogP contribution in [0, 0.1) is 6.92 Å². The van der Waals surface area contributed by atoms with Gasteiger partial charge in [-0.2, -0.15) is 13.2 Å². The molecular weight excluding hydrogens is 503 g/mol. The fourth-order valence-corrected chi connectivity index (χ4v) is 5.00. The van der Waals surface area contributed by atoms with E-state index < -0.39 is 23.7 Å². The minimum absolute atomic E-state index is 0.0903. The SMILES string of the molecule is Cc1ccc(C2c3cccn3-c3ccccc3N2C(=O)CN(C(=O)c2ccc(C(F)(F)F)cc2)C(C)C)cc1. The highest BCUT2D eigenvalue weighted by Gasteiger charge is 2.37. The maximum absolute atomic E-state index is 14.2. The van der Waals surface area contributed by atoms with E-state index in [1.165, 1.54) is 4.90 Å². The molecule has 0 saturated carbocycles. The van der Waals surface area contributed by atoms with Gasteiger partial charge in [0.15, 0.2) is 0 Å². The van der Waals surface area contributed by atoms with Gasteiger partial charge in [0.05, 0.1) is 22.6 Å². The van der Waals surface area contributed by atoms with Crippen molar-refractivity contribution in [3.05, 3.63) is 119 Å². The van der Waals surface area contributed by atoms with Crippen molar-refractivity contribution in [2.24, 2.45) is 0 Å². The number of hydrogen-bond acceptors (Lipinski definition) is 2. The number of aromatic nitrogens is 1. The number of nitrogens with zero attached hydrogens (tertiary/aromatic N) is 3. The molecule has 2 heterocycles. The maximum Gasteiger partial charge on any atom is 0.416 e. The van der Waals surface area contributed by atoms with Crippen molar-refractivity contribution in [2.75, 3.05) is 11.4 Å². The lowest BCUT2D eigenvalue weighted by Gasteiger charge is -2.40. The Hall–Kier alpha value is -4.33. The smallest absolute Gasteiger partial charge is 0.327 e. The Morgan fingerprint density at radius 3 is 2.13 bits per heavy atom. The van der Waals surface area contributed by atoms with Crippen LogP contribution in [-0.4, -0.2) is 33.9 Å². The first-order chi connectivity index (χ1) is 18.6. The van der Waals surface area contributed by atoms with Crippen molar-refractivity contribution < 1.29 is 22.8 Å². The second kappa shape index (κ2) is 10.1. The Bertz CT molecular complexity index is 1510. The molecule has 4 aromatic rings. The summed E-state index contributed by atoms with van der Waals surface area (Å²) < 4.78 is 41.2. The van der Waals surface area contributed by atoms with E-state index in [9.17, 15) is 22.8 Å². The first-order valence-electron chi connectivity index (χ1n) is 12.7. The highest BCUT2D eigenvalue weighted by atomic mass is 19.4. The van der Waals surface area contributed by atoms with Crippen LogP contribution in [0.2, 0.25) is 0 Å². The van der Waals surface area contributed by atoms with Crippen molar-refractivity contribution in [3.8, 4) is 5.69 Å². The normalized spacial score (nSPS) is 14.6. The summed E-state index contributed by atoms with van der Waals surface area (Å²) in [7, 11) is 0. The molecule has 2 amide bonds. The van der Waals surface area contributed by atoms with Gasteiger partial charge >= 0.3 is 6.18 Å². The van der Waals surface area contributed by atoms with Crippen LogP contribution in [0.5, 0.6) is 0 Å². The fourth-order valence-electron chi connectivity index (χ4n) is 5.00. The van der Waals surface area contributed by atoms with Gasteiger partial charge in [0.25, 0.3) is 5.91 Å². The lowest BCUT2D eigenvalue weighted by Crippen LogP contribution is -2.48. The van der Waals surface area contributed by atoms with Crippen molar-refractivity contribution in [3.63, 3.8) is 0 Å². The zero-order chi connectivity index (χ0) is 27.9. The number of hydrogen-bond donors (Lipinski definition) is 0. The minimum atomic E-state index is -4.50. The summed E-state index contributed by atoms with van der Waals surface area (Å²) in [6.07, 6.45) is -2.54. The van der Waals surface area contributed by atoms with Crippen molar-refractivity contribution in [1.82, 2.24) is 9.47 Å². The number of rotatable bonds is 5. The molecule has 5 rings (SSSR count). The molecule has 0 N–H and O–H groups in total. The molecule has 0 bridgehead atoms. The van der Waals surface area contributed by atoms with E-state index in [2.05, 4.69) is 4.57 Å². The molecule has 39 heavy (non-hydrogen) atoms. The summed E-state index contributed by atoms with van der Waals surface area (Å²) >= 11 is 0. The summed E-state index contributed by atoms with van der Waals surface area (Å²) in [5.41, 5.74) is 3.75. The number of carbonyl (C=O) groups is 2. The van der Waals surface area contributed by atoms with E-state index in [0.717, 1.165) is 46.8 Å². The molecule has 1 aliphatic heterocycles. The van der Waals surface area contributed by atoms with Crippen LogP contribution >= 0.6 is 0 Å². The van der Waals surface area contributed by atoms with Gasteiger partial charge in [-0.1, -0.05) is 42.0 Å². The van der Waals surface area contributed by atoms with Crippen LogP contribution in [0.1, 0.15) is 52.6 Å². The number of alkyl halides is 3. The molecular formula is C31H28F3N3O2. The molecule has 1 aliphatic rings. The summed E-state index contributed by atoms with van der Waals surface area (Å²) in [4.78, 5) is 30.7. The lowest BCUT2D eigenvalue weighted by atomic mass is 9.97. The average Bonchev–Trinajstić information content (AvgIpc) is 3.40. The number of halogens is 3. The van der Waals surface area contributed by atoms with E-state index >= 15 is 0 Å². The number of carbonyl (C=O) groups excluding carboxylic acids is 2. The van der Waals surface area contributed by atoms with E-state index in [1.54, 1.807) is 18.7 Å². The molecule has 0 radical (unpaired) electrons. The molecule has 1 atom stereocenters. The van der Waals surface area contributed by atoms with Gasteiger partial charge in [-0.25, -0.2) is 0 Å². The lowest BCUT2D eigenvalue weighted by molar-refractivity contribution is -0.137. The monoisotopic (exact) mass is 531 g/mol. The van der Waals surface area contributed by atoms with Crippen LogP contribution in [0.25, 0.3) is 5.69 Å². The summed E-state index contributed by atoms with van der Waals surface area (Å²) in [5.74, 6) is -0.804. The number of aryl methyl sites for hydroxylation is 1. The van der Waals surface area contributed by atoms with Gasteiger partial charge in [-0.15, -0.1) is 0 Å². The first-order valence-corrected chi connectivity index (χ1v) is 12.7. The zero-order valence-electron chi connectivity index (χ0n) is 21.8. The number of amides is 2. The number of para-hydroxylation sites is 2. The van der Waals surface area contributed by atoms with Crippen LogP contribution in [0.15, 0.2) is 91.1 Å². The van der Waals surface area contributed by atoms with Crippen LogP contribution in [0.4, 0.5) is 18.9 Å². The topological polar surface area (TPSA) is 45.6 Å². The zero-order valence-corrected chi connectivity index (χ0v) is 21.8. The molecule has 0 saturated heterocycles. The molecule has 0 aliphatic carbocycles. The van der Waals surface area contributed by atoms with Gasteiger partial charge in [0, 0.05) is 17.8 Å². The van der Waals surface area contributed by atoms with E-state index in [-0.39, 0.29) is 24.1 Å².